The number of carbonyl (C=O) groups excluding carboxylic acids is 1. The van der Waals surface area contributed by atoms with Crippen LogP contribution in [0.4, 0.5) is 5.69 Å². The van der Waals surface area contributed by atoms with E-state index in [1.807, 2.05) is 0 Å². The van der Waals surface area contributed by atoms with E-state index in [2.05, 4.69) is 9.72 Å². The molecule has 0 aliphatic heterocycles. The number of nitrogens with zero attached hydrogens (tertiary/aromatic N) is 1. The summed E-state index contributed by atoms with van der Waals surface area (Å²) in [4.78, 5) is 15.0. The highest BCUT2D eigenvalue weighted by atomic mass is 35.5. The van der Waals surface area contributed by atoms with Gasteiger partial charge in [-0.15, -0.1) is 0 Å². The fourth-order valence-electron chi connectivity index (χ4n) is 0.855. The molecule has 2 N–H and O–H groups in total. The molecule has 0 aliphatic rings. The van der Waals surface area contributed by atoms with Crippen molar-refractivity contribution < 1.29 is 9.53 Å². The lowest BCUT2D eigenvalue weighted by molar-refractivity contribution is 0.0595. The molecule has 1 aromatic heterocycles. The maximum atomic E-state index is 11.1. The highest BCUT2D eigenvalue weighted by molar-refractivity contribution is 6.44. The number of halogens is 1. The average molecular weight is 198 g/mol. The molecule has 6 heteroatoms. The topological polar surface area (TPSA) is 65.2 Å². The number of hydrogen-bond acceptors (Lipinski definition) is 4. The van der Waals surface area contributed by atoms with Gasteiger partial charge in [-0.05, 0) is 6.07 Å². The summed E-state index contributed by atoms with van der Waals surface area (Å²) in [6.45, 7) is 0. The van der Waals surface area contributed by atoms with Crippen LogP contribution in [0, 0.1) is 0 Å². The molecule has 1 rings (SSSR count). The lowest BCUT2D eigenvalue weighted by Crippen LogP contribution is -2.18. The fourth-order valence-corrected chi connectivity index (χ4v) is 1.01. The van der Waals surface area contributed by atoms with E-state index in [4.69, 9.17) is 17.3 Å². The normalized spacial score (nSPS) is 9.69. The number of rotatable bonds is 1. The Morgan fingerprint density at radius 2 is 2.38 bits per heavy atom. The Labute approximate surface area is 81.5 Å². The highest BCUT2D eigenvalue weighted by Crippen LogP contribution is 2.13. The summed E-state index contributed by atoms with van der Waals surface area (Å²) in [5, 5.41) is 0.435. The Bertz CT molecular complexity index is 357. The van der Waals surface area contributed by atoms with E-state index in [0.29, 0.717) is 10.6 Å². The van der Waals surface area contributed by atoms with Gasteiger partial charge in [-0.1, -0.05) is 11.6 Å². The Kier molecular flexibility index (Phi) is 2.77. The molecule has 1 aromatic rings. The quantitative estimate of drug-likeness (QED) is 0.482. The summed E-state index contributed by atoms with van der Waals surface area (Å²) < 4.78 is 4.49. The number of nitrogens with two attached hydrogens (primary N) is 1. The fraction of sp³-hybridized carbons (Fsp3) is 0.143. The van der Waals surface area contributed by atoms with Crippen molar-refractivity contribution in [3.8, 4) is 0 Å². The lowest BCUT2D eigenvalue weighted by Gasteiger charge is -2.05. The molecular weight excluding hydrogens is 190 g/mol. The van der Waals surface area contributed by atoms with Gasteiger partial charge in [0.25, 0.3) is 0 Å². The highest BCUT2D eigenvalue weighted by Gasteiger charge is 2.13. The van der Waals surface area contributed by atoms with Crippen LogP contribution in [0.25, 0.3) is 0 Å². The molecule has 0 saturated heterocycles. The Morgan fingerprint density at radius 3 is 2.92 bits per heavy atom. The first kappa shape index (κ1) is 9.86. The maximum Gasteiger partial charge on any atom is 0.358 e. The minimum absolute atomic E-state index is 0.101. The van der Waals surface area contributed by atoms with E-state index < -0.39 is 5.97 Å². The van der Waals surface area contributed by atoms with Crippen molar-refractivity contribution >= 4 is 36.7 Å². The number of nitrogen functional groups attached to an aromatic ring is 1. The van der Waals surface area contributed by atoms with Crippen LogP contribution >= 0.6 is 11.6 Å². The van der Waals surface area contributed by atoms with E-state index in [1.165, 1.54) is 13.2 Å². The lowest BCUT2D eigenvalue weighted by atomic mass is 10.0. The first-order chi connectivity index (χ1) is 6.06. The number of aromatic nitrogens is 1. The van der Waals surface area contributed by atoms with Crippen LogP contribution in [0.3, 0.4) is 0 Å². The summed E-state index contributed by atoms with van der Waals surface area (Å²) in [6, 6.07) is 1.48. The summed E-state index contributed by atoms with van der Waals surface area (Å²) in [6.07, 6.45) is 0. The zero-order valence-corrected chi connectivity index (χ0v) is 8.05. The van der Waals surface area contributed by atoms with Crippen molar-refractivity contribution in [2.24, 2.45) is 0 Å². The van der Waals surface area contributed by atoms with Crippen molar-refractivity contribution in [3.05, 3.63) is 16.8 Å². The van der Waals surface area contributed by atoms with E-state index in [0.717, 1.165) is 0 Å². The van der Waals surface area contributed by atoms with E-state index in [1.54, 1.807) is 7.85 Å². The Balaban J connectivity index is 3.23. The van der Waals surface area contributed by atoms with E-state index in [-0.39, 0.29) is 11.4 Å². The molecule has 68 valence electrons. The molecule has 0 aromatic carbocycles. The molecular formula is C7H8BClN2O2. The second kappa shape index (κ2) is 3.66. The molecule has 13 heavy (non-hydrogen) atoms. The minimum atomic E-state index is -0.558. The predicted octanol–water partition coefficient (Wildman–Crippen LogP) is -0.638. The molecule has 0 unspecified atom stereocenters. The van der Waals surface area contributed by atoms with Crippen molar-refractivity contribution in [2.45, 2.75) is 0 Å². The van der Waals surface area contributed by atoms with Crippen LogP contribution < -0.4 is 11.3 Å². The van der Waals surface area contributed by atoms with Crippen LogP contribution in [0.2, 0.25) is 5.02 Å². The smallest absolute Gasteiger partial charge is 0.358 e. The van der Waals surface area contributed by atoms with Gasteiger partial charge in [0.1, 0.15) is 0 Å². The van der Waals surface area contributed by atoms with Crippen molar-refractivity contribution in [2.75, 3.05) is 12.8 Å². The number of ether oxygens (including phenoxy) is 1. The van der Waals surface area contributed by atoms with Gasteiger partial charge in [-0.25, -0.2) is 4.79 Å². The Hall–Kier alpha value is -1.23. The van der Waals surface area contributed by atoms with Gasteiger partial charge in [-0.2, -0.15) is 0 Å². The number of methoxy groups -OCH3 is 1. The molecule has 0 spiro atoms. The molecule has 1 heterocycles. The summed E-state index contributed by atoms with van der Waals surface area (Å²) >= 11 is 5.74. The maximum absolute atomic E-state index is 11.1. The van der Waals surface area contributed by atoms with Crippen LogP contribution in [-0.4, -0.2) is 25.9 Å². The first-order valence-electron chi connectivity index (χ1n) is 3.57. The van der Waals surface area contributed by atoms with E-state index in [9.17, 15) is 4.79 Å². The molecule has 4 nitrogen and oxygen atoms in total. The third kappa shape index (κ3) is 1.92. The van der Waals surface area contributed by atoms with Crippen molar-refractivity contribution in [3.63, 3.8) is 0 Å². The number of pyridine rings is 1. The number of hydrogen-bond donors (Lipinski definition) is 1. The zero-order chi connectivity index (χ0) is 10.0. The van der Waals surface area contributed by atoms with Gasteiger partial charge in [0.05, 0.1) is 17.8 Å². The third-order valence-electron chi connectivity index (χ3n) is 1.56. The van der Waals surface area contributed by atoms with Crippen molar-refractivity contribution in [1.82, 2.24) is 4.98 Å². The van der Waals surface area contributed by atoms with Crippen LogP contribution in [-0.2, 0) is 4.74 Å². The number of esters is 1. The van der Waals surface area contributed by atoms with Crippen LogP contribution in [0.1, 0.15) is 10.5 Å². The second-order valence-corrected chi connectivity index (χ2v) is 2.89. The largest absolute Gasteiger partial charge is 0.464 e. The molecule has 0 fully saturated rings. The molecule has 0 atom stereocenters. The number of carbonyl (C=O) groups is 1. The summed E-state index contributed by atoms with van der Waals surface area (Å²) in [7, 11) is 2.96. The zero-order valence-electron chi connectivity index (χ0n) is 7.30. The van der Waals surface area contributed by atoms with Gasteiger partial charge in [-0.3, -0.25) is 4.98 Å². The predicted molar refractivity (Wildman–Crippen MR) is 53.2 cm³/mol. The third-order valence-corrected chi connectivity index (χ3v) is 1.94. The van der Waals surface area contributed by atoms with Gasteiger partial charge in [0.2, 0.25) is 0 Å². The number of anilines is 1. The van der Waals surface area contributed by atoms with Crippen molar-refractivity contribution in [1.29, 1.82) is 0 Å². The summed E-state index contributed by atoms with van der Waals surface area (Å²) in [5.74, 6) is -0.558. The molecule has 0 amide bonds. The SMILES string of the molecule is Bc1nc(C(=O)OC)c(N)cc1Cl. The molecule has 0 radical (unpaired) electrons. The molecule has 0 aliphatic carbocycles. The molecule has 0 bridgehead atoms. The summed E-state index contributed by atoms with van der Waals surface area (Å²) in [5.41, 5.74) is 6.40. The monoisotopic (exact) mass is 198 g/mol. The Morgan fingerprint density at radius 1 is 1.77 bits per heavy atom. The minimum Gasteiger partial charge on any atom is -0.464 e. The molecule has 0 saturated carbocycles. The van der Waals surface area contributed by atoms with Gasteiger partial charge < -0.3 is 10.5 Å². The average Bonchev–Trinajstić information content (AvgIpc) is 2.10. The van der Waals surface area contributed by atoms with Crippen LogP contribution in [0.5, 0.6) is 0 Å². The van der Waals surface area contributed by atoms with Gasteiger partial charge in [0, 0.05) is 5.59 Å². The van der Waals surface area contributed by atoms with Gasteiger partial charge >= 0.3 is 5.97 Å². The standard InChI is InChI=1S/C7H8BClN2O2/c1-13-7(12)5-4(10)2-3(9)6(8)11-5/h2H,8,10H2,1H3. The second-order valence-electron chi connectivity index (χ2n) is 2.49. The van der Waals surface area contributed by atoms with E-state index >= 15 is 0 Å². The van der Waals surface area contributed by atoms with Gasteiger partial charge in [0.15, 0.2) is 13.5 Å². The first-order valence-corrected chi connectivity index (χ1v) is 3.95. The van der Waals surface area contributed by atoms with Crippen LogP contribution in [0.15, 0.2) is 6.07 Å².